The van der Waals surface area contributed by atoms with Gasteiger partial charge in [-0.25, -0.2) is 4.79 Å². The van der Waals surface area contributed by atoms with Crippen LogP contribution >= 0.6 is 22.9 Å². The van der Waals surface area contributed by atoms with E-state index in [0.717, 1.165) is 16.0 Å². The molecule has 0 aliphatic carbocycles. The van der Waals surface area contributed by atoms with Crippen molar-refractivity contribution in [2.45, 2.75) is 19.9 Å². The standard InChI is InChI=1S/C20H23ClN2O3S/c1-3-26-20(25)17(15-4-6-16(21)7-5-15)22-9-11-23(12-10-22)19(24)18-14(2)8-13-27-18/h4-8,13,17H,3,9-12H2,1-2H3/t17-/m0/s1. The van der Waals surface area contributed by atoms with Crippen LogP contribution in [0.4, 0.5) is 0 Å². The van der Waals surface area contributed by atoms with Crippen molar-refractivity contribution in [2.24, 2.45) is 0 Å². The van der Waals surface area contributed by atoms with E-state index in [-0.39, 0.29) is 11.9 Å². The summed E-state index contributed by atoms with van der Waals surface area (Å²) in [6.07, 6.45) is 0. The molecule has 1 fully saturated rings. The van der Waals surface area contributed by atoms with Gasteiger partial charge in [0.05, 0.1) is 11.5 Å². The van der Waals surface area contributed by atoms with Crippen molar-refractivity contribution in [3.05, 3.63) is 56.7 Å². The van der Waals surface area contributed by atoms with E-state index in [4.69, 9.17) is 16.3 Å². The second-order valence-corrected chi connectivity index (χ2v) is 7.82. The Morgan fingerprint density at radius 2 is 1.81 bits per heavy atom. The molecule has 0 N–H and O–H groups in total. The minimum atomic E-state index is -0.483. The maximum absolute atomic E-state index is 12.7. The molecule has 1 aliphatic heterocycles. The molecule has 0 spiro atoms. The lowest BCUT2D eigenvalue weighted by atomic mass is 10.0. The van der Waals surface area contributed by atoms with Crippen molar-refractivity contribution in [1.82, 2.24) is 9.80 Å². The number of nitrogens with zero attached hydrogens (tertiary/aromatic N) is 2. The van der Waals surface area contributed by atoms with E-state index in [1.165, 1.54) is 11.3 Å². The molecule has 2 aromatic rings. The number of hydrogen-bond acceptors (Lipinski definition) is 5. The highest BCUT2D eigenvalue weighted by Crippen LogP contribution is 2.26. The number of carbonyl (C=O) groups is 2. The van der Waals surface area contributed by atoms with E-state index < -0.39 is 6.04 Å². The topological polar surface area (TPSA) is 49.9 Å². The summed E-state index contributed by atoms with van der Waals surface area (Å²) < 4.78 is 5.30. The fraction of sp³-hybridized carbons (Fsp3) is 0.400. The summed E-state index contributed by atoms with van der Waals surface area (Å²) in [6.45, 7) is 6.48. The lowest BCUT2D eigenvalue weighted by Gasteiger charge is -2.38. The van der Waals surface area contributed by atoms with Crippen LogP contribution in [0.5, 0.6) is 0 Å². The predicted octanol–water partition coefficient (Wildman–Crippen LogP) is 3.77. The minimum Gasteiger partial charge on any atom is -0.465 e. The van der Waals surface area contributed by atoms with Crippen LogP contribution in [0.2, 0.25) is 5.02 Å². The highest BCUT2D eigenvalue weighted by atomic mass is 35.5. The van der Waals surface area contributed by atoms with E-state index in [9.17, 15) is 9.59 Å². The molecule has 2 heterocycles. The maximum atomic E-state index is 12.7. The highest BCUT2D eigenvalue weighted by molar-refractivity contribution is 7.12. The van der Waals surface area contributed by atoms with Gasteiger partial charge in [0.25, 0.3) is 5.91 Å². The number of amides is 1. The Hall–Kier alpha value is -1.89. The number of aryl methyl sites for hydroxylation is 1. The SMILES string of the molecule is CCOC(=O)[C@H](c1ccc(Cl)cc1)N1CCN(C(=O)c2sccc2C)CC1. The Morgan fingerprint density at radius 1 is 1.15 bits per heavy atom. The molecule has 3 rings (SSSR count). The lowest BCUT2D eigenvalue weighted by molar-refractivity contribution is -0.150. The third-order valence-corrected chi connectivity index (χ3v) is 5.97. The van der Waals surface area contributed by atoms with Crippen LogP contribution in [0.15, 0.2) is 35.7 Å². The van der Waals surface area contributed by atoms with Gasteiger partial charge in [-0.3, -0.25) is 9.69 Å². The summed E-state index contributed by atoms with van der Waals surface area (Å²) in [5, 5.41) is 2.57. The molecule has 1 aromatic heterocycles. The van der Waals surface area contributed by atoms with E-state index in [1.54, 1.807) is 19.1 Å². The van der Waals surface area contributed by atoms with Crippen LogP contribution in [0, 0.1) is 6.92 Å². The molecule has 7 heteroatoms. The Labute approximate surface area is 168 Å². The normalized spacial score (nSPS) is 16.2. The van der Waals surface area contributed by atoms with Crippen LogP contribution in [0.25, 0.3) is 0 Å². The zero-order valence-electron chi connectivity index (χ0n) is 15.5. The third kappa shape index (κ3) is 4.51. The smallest absolute Gasteiger partial charge is 0.328 e. The summed E-state index contributed by atoms with van der Waals surface area (Å²) in [5.41, 5.74) is 1.87. The zero-order valence-corrected chi connectivity index (χ0v) is 17.1. The van der Waals surface area contributed by atoms with E-state index in [1.807, 2.05) is 35.4 Å². The molecular weight excluding hydrogens is 384 g/mol. The molecule has 1 aromatic carbocycles. The van der Waals surface area contributed by atoms with Gasteiger partial charge in [-0.05, 0) is 48.6 Å². The van der Waals surface area contributed by atoms with Gasteiger partial charge in [-0.2, -0.15) is 0 Å². The van der Waals surface area contributed by atoms with Crippen molar-refractivity contribution in [3.8, 4) is 0 Å². The Kier molecular flexibility index (Phi) is 6.52. The first-order chi connectivity index (χ1) is 13.0. The number of halogens is 1. The van der Waals surface area contributed by atoms with Gasteiger partial charge in [0.1, 0.15) is 6.04 Å². The van der Waals surface area contributed by atoms with Crippen LogP contribution in [0.1, 0.15) is 33.8 Å². The molecule has 27 heavy (non-hydrogen) atoms. The predicted molar refractivity (Wildman–Crippen MR) is 107 cm³/mol. The molecular formula is C20H23ClN2O3S. The number of esters is 1. The number of benzene rings is 1. The van der Waals surface area contributed by atoms with Gasteiger partial charge >= 0.3 is 5.97 Å². The monoisotopic (exact) mass is 406 g/mol. The van der Waals surface area contributed by atoms with Crippen molar-refractivity contribution < 1.29 is 14.3 Å². The molecule has 0 saturated carbocycles. The first kappa shape index (κ1) is 19.9. The summed E-state index contributed by atoms with van der Waals surface area (Å²) in [5.74, 6) is -0.199. The number of rotatable bonds is 5. The number of piperazine rings is 1. The molecule has 1 atom stereocenters. The van der Waals surface area contributed by atoms with E-state index in [0.29, 0.717) is 37.8 Å². The molecule has 0 radical (unpaired) electrons. The number of hydrogen-bond donors (Lipinski definition) is 0. The largest absolute Gasteiger partial charge is 0.465 e. The first-order valence-corrected chi connectivity index (χ1v) is 10.3. The molecule has 1 aliphatic rings. The summed E-state index contributed by atoms with van der Waals surface area (Å²) in [4.78, 5) is 30.0. The maximum Gasteiger partial charge on any atom is 0.328 e. The average Bonchev–Trinajstić information content (AvgIpc) is 3.10. The van der Waals surface area contributed by atoms with Crippen molar-refractivity contribution in [3.63, 3.8) is 0 Å². The fourth-order valence-electron chi connectivity index (χ4n) is 3.28. The summed E-state index contributed by atoms with van der Waals surface area (Å²) >= 11 is 7.46. The van der Waals surface area contributed by atoms with Crippen molar-refractivity contribution >= 4 is 34.8 Å². The average molecular weight is 407 g/mol. The molecule has 0 unspecified atom stereocenters. The minimum absolute atomic E-state index is 0.0707. The number of thiophene rings is 1. The van der Waals surface area contributed by atoms with Crippen LogP contribution in [-0.2, 0) is 9.53 Å². The van der Waals surface area contributed by atoms with Crippen LogP contribution in [0.3, 0.4) is 0 Å². The molecule has 144 valence electrons. The number of ether oxygens (including phenoxy) is 1. The quantitative estimate of drug-likeness (QED) is 0.709. The van der Waals surface area contributed by atoms with Crippen LogP contribution < -0.4 is 0 Å². The van der Waals surface area contributed by atoms with Crippen molar-refractivity contribution in [1.29, 1.82) is 0 Å². The first-order valence-electron chi connectivity index (χ1n) is 9.00. The van der Waals surface area contributed by atoms with Gasteiger partial charge in [0.15, 0.2) is 0 Å². The molecule has 1 saturated heterocycles. The lowest BCUT2D eigenvalue weighted by Crippen LogP contribution is -2.51. The second-order valence-electron chi connectivity index (χ2n) is 6.47. The Morgan fingerprint density at radius 3 is 2.37 bits per heavy atom. The van der Waals surface area contributed by atoms with E-state index in [2.05, 4.69) is 4.90 Å². The Balaban J connectivity index is 1.72. The van der Waals surface area contributed by atoms with Gasteiger partial charge in [-0.15, -0.1) is 11.3 Å². The van der Waals surface area contributed by atoms with Gasteiger partial charge in [0, 0.05) is 31.2 Å². The summed E-state index contributed by atoms with van der Waals surface area (Å²) in [6, 6.07) is 8.76. The molecule has 0 bridgehead atoms. The van der Waals surface area contributed by atoms with Gasteiger partial charge in [0.2, 0.25) is 0 Å². The summed E-state index contributed by atoms with van der Waals surface area (Å²) in [7, 11) is 0. The third-order valence-electron chi connectivity index (χ3n) is 4.72. The van der Waals surface area contributed by atoms with Gasteiger partial charge < -0.3 is 9.64 Å². The highest BCUT2D eigenvalue weighted by Gasteiger charge is 2.33. The molecule has 1 amide bonds. The van der Waals surface area contributed by atoms with Crippen molar-refractivity contribution in [2.75, 3.05) is 32.8 Å². The fourth-order valence-corrected chi connectivity index (χ4v) is 4.30. The zero-order chi connectivity index (χ0) is 19.4. The Bertz CT molecular complexity index is 798. The number of carbonyl (C=O) groups excluding carboxylic acids is 2. The van der Waals surface area contributed by atoms with E-state index >= 15 is 0 Å². The van der Waals surface area contributed by atoms with Crippen LogP contribution in [-0.4, -0.2) is 54.5 Å². The molecule has 5 nitrogen and oxygen atoms in total. The second kappa shape index (κ2) is 8.87. The van der Waals surface area contributed by atoms with Gasteiger partial charge in [-0.1, -0.05) is 23.7 Å².